The highest BCUT2D eigenvalue weighted by atomic mass is 127. The van der Waals surface area contributed by atoms with Gasteiger partial charge in [0, 0.05) is 69.0 Å². The number of nitrogens with one attached hydrogen (secondary N) is 2. The summed E-state index contributed by atoms with van der Waals surface area (Å²) in [6.07, 6.45) is 4.15. The highest BCUT2D eigenvalue weighted by Gasteiger charge is 2.42. The molecule has 0 radical (unpaired) electrons. The number of methoxy groups -OCH3 is 1. The summed E-state index contributed by atoms with van der Waals surface area (Å²) in [5.74, 6) is 0.688. The number of halogens is 3. The molecule has 0 bridgehead atoms. The molecule has 1 aromatic rings. The molecule has 0 aromatic heterocycles. The molecule has 1 heterocycles. The normalized spacial score (nSPS) is 23.2. The molecule has 1 saturated carbocycles. The van der Waals surface area contributed by atoms with Crippen molar-refractivity contribution in [3.8, 4) is 0 Å². The molecule has 28 heavy (non-hydrogen) atoms. The first-order valence-electron chi connectivity index (χ1n) is 9.77. The van der Waals surface area contributed by atoms with Gasteiger partial charge in [-0.2, -0.15) is 0 Å². The Labute approximate surface area is 189 Å². The number of nitrogens with zero attached hydrogens (tertiary/aromatic N) is 2. The summed E-state index contributed by atoms with van der Waals surface area (Å²) in [6.45, 7) is 4.11. The lowest BCUT2D eigenvalue weighted by Crippen LogP contribution is -2.49. The summed E-state index contributed by atoms with van der Waals surface area (Å²) in [7, 11) is 3.53. The molecule has 0 amide bonds. The third-order valence-corrected chi connectivity index (χ3v) is 5.79. The zero-order chi connectivity index (χ0) is 19.2. The Balaban J connectivity index is 0.00000280. The van der Waals surface area contributed by atoms with Crippen molar-refractivity contribution in [3.05, 3.63) is 34.6 Å². The number of hydrogen-bond acceptors (Lipinski definition) is 3. The van der Waals surface area contributed by atoms with Gasteiger partial charge in [-0.1, -0.05) is 17.7 Å². The van der Waals surface area contributed by atoms with E-state index in [9.17, 15) is 4.39 Å². The van der Waals surface area contributed by atoms with Crippen molar-refractivity contribution < 1.29 is 9.13 Å². The van der Waals surface area contributed by atoms with E-state index in [1.54, 1.807) is 26.3 Å². The lowest BCUT2D eigenvalue weighted by molar-refractivity contribution is 0.155. The van der Waals surface area contributed by atoms with Gasteiger partial charge in [0.1, 0.15) is 5.82 Å². The third kappa shape index (κ3) is 6.43. The van der Waals surface area contributed by atoms with E-state index in [0.29, 0.717) is 16.6 Å². The van der Waals surface area contributed by atoms with Gasteiger partial charge in [0.15, 0.2) is 5.96 Å². The summed E-state index contributed by atoms with van der Waals surface area (Å²) < 4.78 is 19.2. The molecule has 2 N–H and O–H groups in total. The van der Waals surface area contributed by atoms with Crippen LogP contribution in [0.2, 0.25) is 5.02 Å². The molecular weight excluding hydrogens is 494 g/mol. The fourth-order valence-corrected chi connectivity index (χ4v) is 4.11. The van der Waals surface area contributed by atoms with E-state index in [0.717, 1.165) is 57.9 Å². The van der Waals surface area contributed by atoms with Crippen molar-refractivity contribution >= 4 is 41.5 Å². The number of rotatable bonds is 7. The standard InChI is InChI=1S/C20H30ClFN4O.HI/c1-23-20(24-14-7-10-26(11-8-14)9-4-12-27-2)25-18-13-15(18)19-16(21)5-3-6-17(19)22;/h3,5-6,14-15,18H,4,7-13H2,1-2H3,(H2,23,24,25);1H. The first-order chi connectivity index (χ1) is 13.1. The second-order valence-corrected chi connectivity index (χ2v) is 7.81. The van der Waals surface area contributed by atoms with Crippen LogP contribution in [-0.2, 0) is 4.74 Å². The van der Waals surface area contributed by atoms with E-state index in [2.05, 4.69) is 20.5 Å². The minimum Gasteiger partial charge on any atom is -0.385 e. The largest absolute Gasteiger partial charge is 0.385 e. The second-order valence-electron chi connectivity index (χ2n) is 7.41. The Morgan fingerprint density at radius 1 is 1.32 bits per heavy atom. The van der Waals surface area contributed by atoms with Crippen molar-refractivity contribution in [1.29, 1.82) is 0 Å². The van der Waals surface area contributed by atoms with Crippen LogP contribution in [0.4, 0.5) is 4.39 Å². The number of aliphatic imine (C=N–C) groups is 1. The van der Waals surface area contributed by atoms with E-state index in [-0.39, 0.29) is 41.8 Å². The maximum absolute atomic E-state index is 14.1. The van der Waals surface area contributed by atoms with Gasteiger partial charge in [-0.3, -0.25) is 4.99 Å². The Morgan fingerprint density at radius 3 is 2.71 bits per heavy atom. The summed E-state index contributed by atoms with van der Waals surface area (Å²) in [5.41, 5.74) is 0.622. The van der Waals surface area contributed by atoms with Gasteiger partial charge in [-0.15, -0.1) is 24.0 Å². The van der Waals surface area contributed by atoms with Crippen LogP contribution in [0.1, 0.15) is 37.2 Å². The molecule has 0 spiro atoms. The highest BCUT2D eigenvalue weighted by Crippen LogP contribution is 2.44. The van der Waals surface area contributed by atoms with Gasteiger partial charge < -0.3 is 20.3 Å². The topological polar surface area (TPSA) is 48.9 Å². The average Bonchev–Trinajstić information content (AvgIpc) is 3.41. The molecule has 2 atom stereocenters. The van der Waals surface area contributed by atoms with Crippen LogP contribution < -0.4 is 10.6 Å². The molecule has 8 heteroatoms. The van der Waals surface area contributed by atoms with Crippen molar-refractivity contribution in [2.24, 2.45) is 4.99 Å². The van der Waals surface area contributed by atoms with E-state index in [4.69, 9.17) is 16.3 Å². The fraction of sp³-hybridized carbons (Fsp3) is 0.650. The molecule has 1 aliphatic carbocycles. The predicted octanol–water partition coefficient (Wildman–Crippen LogP) is 3.62. The molecule has 5 nitrogen and oxygen atoms in total. The molecule has 2 unspecified atom stereocenters. The summed E-state index contributed by atoms with van der Waals surface area (Å²) in [6, 6.07) is 5.48. The van der Waals surface area contributed by atoms with Crippen LogP contribution in [0.25, 0.3) is 0 Å². The number of hydrogen-bond donors (Lipinski definition) is 2. The van der Waals surface area contributed by atoms with Crippen LogP contribution in [0.3, 0.4) is 0 Å². The van der Waals surface area contributed by atoms with E-state index in [1.807, 2.05) is 0 Å². The quantitative estimate of drug-likeness (QED) is 0.248. The zero-order valence-electron chi connectivity index (χ0n) is 16.6. The molecule has 3 rings (SSSR count). The Bertz CT molecular complexity index is 635. The van der Waals surface area contributed by atoms with Crippen LogP contribution in [0.5, 0.6) is 0 Å². The van der Waals surface area contributed by atoms with Gasteiger partial charge in [0.05, 0.1) is 0 Å². The first kappa shape index (κ1) is 23.6. The number of piperidine rings is 1. The van der Waals surface area contributed by atoms with E-state index < -0.39 is 0 Å². The Morgan fingerprint density at radius 2 is 2.07 bits per heavy atom. The fourth-order valence-electron chi connectivity index (χ4n) is 3.81. The van der Waals surface area contributed by atoms with Gasteiger partial charge in [-0.05, 0) is 37.8 Å². The third-order valence-electron chi connectivity index (χ3n) is 5.46. The molecule has 1 aliphatic heterocycles. The maximum Gasteiger partial charge on any atom is 0.191 e. The van der Waals surface area contributed by atoms with Gasteiger partial charge >= 0.3 is 0 Å². The number of likely N-dealkylation sites (tertiary alicyclic amines) is 1. The van der Waals surface area contributed by atoms with Gasteiger partial charge in [0.2, 0.25) is 0 Å². The zero-order valence-corrected chi connectivity index (χ0v) is 19.7. The predicted molar refractivity (Wildman–Crippen MR) is 124 cm³/mol. The van der Waals surface area contributed by atoms with Crippen molar-refractivity contribution in [1.82, 2.24) is 15.5 Å². The summed E-state index contributed by atoms with van der Waals surface area (Å²) >= 11 is 6.19. The average molecular weight is 525 g/mol. The lowest BCUT2D eigenvalue weighted by atomic mass is 10.1. The molecule has 1 saturated heterocycles. The summed E-state index contributed by atoms with van der Waals surface area (Å²) in [5, 5.41) is 7.46. The van der Waals surface area contributed by atoms with Crippen LogP contribution in [0.15, 0.2) is 23.2 Å². The van der Waals surface area contributed by atoms with Crippen LogP contribution >= 0.6 is 35.6 Å². The minimum atomic E-state index is -0.222. The number of guanidine groups is 1. The second kappa shape index (κ2) is 11.5. The van der Waals surface area contributed by atoms with Crippen LogP contribution in [-0.4, -0.2) is 63.3 Å². The number of benzene rings is 1. The van der Waals surface area contributed by atoms with Gasteiger partial charge in [-0.25, -0.2) is 4.39 Å². The highest BCUT2D eigenvalue weighted by molar-refractivity contribution is 14.0. The minimum absolute atomic E-state index is 0. The Hall–Kier alpha value is -0.640. The monoisotopic (exact) mass is 524 g/mol. The Kier molecular flexibility index (Phi) is 9.73. The van der Waals surface area contributed by atoms with Crippen LogP contribution in [0, 0.1) is 5.82 Å². The number of ether oxygens (including phenoxy) is 1. The molecule has 2 fully saturated rings. The van der Waals surface area contributed by atoms with E-state index in [1.165, 1.54) is 6.07 Å². The molecule has 2 aliphatic rings. The molecule has 158 valence electrons. The SMILES string of the molecule is CN=C(NC1CCN(CCCOC)CC1)NC1CC1c1c(F)cccc1Cl.I. The van der Waals surface area contributed by atoms with Crippen molar-refractivity contribution in [2.75, 3.05) is 40.4 Å². The summed E-state index contributed by atoms with van der Waals surface area (Å²) in [4.78, 5) is 6.84. The molecular formula is C20H31ClFIN4O. The lowest BCUT2D eigenvalue weighted by Gasteiger charge is -2.33. The van der Waals surface area contributed by atoms with Crippen molar-refractivity contribution in [2.45, 2.75) is 43.7 Å². The van der Waals surface area contributed by atoms with Crippen molar-refractivity contribution in [3.63, 3.8) is 0 Å². The maximum atomic E-state index is 14.1. The smallest absolute Gasteiger partial charge is 0.191 e. The first-order valence-corrected chi connectivity index (χ1v) is 10.1. The van der Waals surface area contributed by atoms with E-state index >= 15 is 0 Å². The molecule has 1 aromatic carbocycles. The van der Waals surface area contributed by atoms with Gasteiger partial charge in [0.25, 0.3) is 0 Å².